The van der Waals surface area contributed by atoms with Crippen molar-refractivity contribution in [3.8, 4) is 5.88 Å². The Kier molecular flexibility index (Phi) is 10.1. The molecule has 0 aliphatic carbocycles. The van der Waals surface area contributed by atoms with E-state index in [0.29, 0.717) is 44.4 Å². The molecule has 6 heteroatoms. The predicted molar refractivity (Wildman–Crippen MR) is 99.0 cm³/mol. The van der Waals surface area contributed by atoms with Crippen molar-refractivity contribution < 1.29 is 19.0 Å². The quantitative estimate of drug-likeness (QED) is 0.547. The highest BCUT2D eigenvalue weighted by atomic mass is 16.5. The minimum Gasteiger partial charge on any atom is -0.475 e. The van der Waals surface area contributed by atoms with Crippen LogP contribution in [0.25, 0.3) is 0 Å². The Morgan fingerprint density at radius 1 is 1.16 bits per heavy atom. The van der Waals surface area contributed by atoms with E-state index in [0.717, 1.165) is 19.3 Å². The van der Waals surface area contributed by atoms with Crippen LogP contribution in [0.15, 0.2) is 18.3 Å². The minimum atomic E-state index is -0.821. The van der Waals surface area contributed by atoms with E-state index < -0.39 is 5.60 Å². The monoisotopic (exact) mass is 352 g/mol. The first-order chi connectivity index (χ1) is 12.1. The van der Waals surface area contributed by atoms with Gasteiger partial charge < -0.3 is 19.5 Å². The molecule has 0 fully saturated rings. The van der Waals surface area contributed by atoms with Gasteiger partial charge in [0.05, 0.1) is 18.5 Å². The van der Waals surface area contributed by atoms with Gasteiger partial charge >= 0.3 is 0 Å². The Labute approximate surface area is 151 Å². The SMILES string of the molecule is CCCC[C@](C)(OCCC)C(=O)Nc1ccc(OCCOCC)nc1. The second kappa shape index (κ2) is 11.8. The summed E-state index contributed by atoms with van der Waals surface area (Å²) in [6, 6.07) is 3.51. The van der Waals surface area contributed by atoms with Crippen molar-refractivity contribution in [2.24, 2.45) is 0 Å². The molecule has 1 atom stereocenters. The van der Waals surface area contributed by atoms with Gasteiger partial charge in [0, 0.05) is 19.3 Å². The zero-order valence-corrected chi connectivity index (χ0v) is 16.0. The number of hydrogen-bond donors (Lipinski definition) is 1. The second-order valence-corrected chi connectivity index (χ2v) is 6.07. The molecule has 0 aromatic carbocycles. The van der Waals surface area contributed by atoms with Crippen molar-refractivity contribution in [2.75, 3.05) is 31.7 Å². The van der Waals surface area contributed by atoms with Crippen LogP contribution in [0, 0.1) is 0 Å². The fraction of sp³-hybridized carbons (Fsp3) is 0.684. The molecule has 25 heavy (non-hydrogen) atoms. The number of unbranched alkanes of at least 4 members (excludes halogenated alkanes) is 1. The fourth-order valence-corrected chi connectivity index (χ4v) is 2.25. The van der Waals surface area contributed by atoms with Gasteiger partial charge in [0.2, 0.25) is 5.88 Å². The van der Waals surface area contributed by atoms with Crippen LogP contribution in [0.4, 0.5) is 5.69 Å². The van der Waals surface area contributed by atoms with Crippen molar-refractivity contribution in [1.82, 2.24) is 4.98 Å². The highest BCUT2D eigenvalue weighted by Crippen LogP contribution is 2.22. The number of ether oxygens (including phenoxy) is 3. The Balaban J connectivity index is 2.60. The van der Waals surface area contributed by atoms with E-state index in [4.69, 9.17) is 14.2 Å². The number of pyridine rings is 1. The van der Waals surface area contributed by atoms with Gasteiger partial charge in [-0.2, -0.15) is 0 Å². The normalized spacial score (nSPS) is 13.3. The molecule has 0 spiro atoms. The van der Waals surface area contributed by atoms with Gasteiger partial charge in [0.25, 0.3) is 5.91 Å². The molecule has 0 unspecified atom stereocenters. The van der Waals surface area contributed by atoms with Crippen LogP contribution in [0.1, 0.15) is 53.4 Å². The summed E-state index contributed by atoms with van der Waals surface area (Å²) < 4.78 is 16.5. The number of amides is 1. The van der Waals surface area contributed by atoms with Crippen LogP contribution in [0.3, 0.4) is 0 Å². The lowest BCUT2D eigenvalue weighted by Crippen LogP contribution is -2.43. The van der Waals surface area contributed by atoms with Gasteiger partial charge in [-0.25, -0.2) is 4.98 Å². The highest BCUT2D eigenvalue weighted by Gasteiger charge is 2.33. The van der Waals surface area contributed by atoms with E-state index >= 15 is 0 Å². The molecule has 0 bridgehead atoms. The molecule has 1 aromatic heterocycles. The third-order valence-electron chi connectivity index (χ3n) is 3.79. The van der Waals surface area contributed by atoms with Gasteiger partial charge in [-0.05, 0) is 32.8 Å². The van der Waals surface area contributed by atoms with Gasteiger partial charge in [0.1, 0.15) is 12.2 Å². The van der Waals surface area contributed by atoms with Crippen molar-refractivity contribution in [3.63, 3.8) is 0 Å². The van der Waals surface area contributed by atoms with Gasteiger partial charge in [-0.3, -0.25) is 4.79 Å². The molecule has 1 heterocycles. The lowest BCUT2D eigenvalue weighted by Gasteiger charge is -2.28. The summed E-state index contributed by atoms with van der Waals surface area (Å²) in [6.45, 7) is 10.1. The predicted octanol–water partition coefficient (Wildman–Crippen LogP) is 3.81. The van der Waals surface area contributed by atoms with E-state index in [2.05, 4.69) is 17.2 Å². The minimum absolute atomic E-state index is 0.138. The molecule has 6 nitrogen and oxygen atoms in total. The van der Waals surface area contributed by atoms with E-state index in [1.54, 1.807) is 18.3 Å². The molecular formula is C19H32N2O4. The maximum Gasteiger partial charge on any atom is 0.256 e. The number of rotatable bonds is 13. The molecular weight excluding hydrogens is 320 g/mol. The van der Waals surface area contributed by atoms with Crippen LogP contribution in [0.2, 0.25) is 0 Å². The van der Waals surface area contributed by atoms with Crippen molar-refractivity contribution >= 4 is 11.6 Å². The summed E-state index contributed by atoms with van der Waals surface area (Å²) in [5, 5.41) is 2.90. The topological polar surface area (TPSA) is 69.7 Å². The Hall–Kier alpha value is -1.66. The first kappa shape index (κ1) is 21.4. The second-order valence-electron chi connectivity index (χ2n) is 6.07. The maximum atomic E-state index is 12.7. The number of hydrogen-bond acceptors (Lipinski definition) is 5. The third-order valence-corrected chi connectivity index (χ3v) is 3.79. The third kappa shape index (κ3) is 7.84. The standard InChI is InChI=1S/C19H32N2O4/c1-5-8-11-19(4,25-12-6-2)18(22)21-16-9-10-17(20-15-16)24-14-13-23-7-3/h9-10,15H,5-8,11-14H2,1-4H3,(H,21,22)/t19-/m0/s1. The molecule has 142 valence electrons. The zero-order chi connectivity index (χ0) is 18.5. The summed E-state index contributed by atoms with van der Waals surface area (Å²) >= 11 is 0. The smallest absolute Gasteiger partial charge is 0.256 e. The summed E-state index contributed by atoms with van der Waals surface area (Å²) in [5.41, 5.74) is -0.191. The molecule has 0 radical (unpaired) electrons. The largest absolute Gasteiger partial charge is 0.475 e. The van der Waals surface area contributed by atoms with Crippen molar-refractivity contribution in [3.05, 3.63) is 18.3 Å². The number of carbonyl (C=O) groups excluding carboxylic acids is 1. The van der Waals surface area contributed by atoms with Gasteiger partial charge in [-0.15, -0.1) is 0 Å². The Bertz CT molecular complexity index is 483. The number of aromatic nitrogens is 1. The molecule has 1 amide bonds. The van der Waals surface area contributed by atoms with E-state index in [1.807, 2.05) is 20.8 Å². The molecule has 1 N–H and O–H groups in total. The summed E-state index contributed by atoms with van der Waals surface area (Å²) in [4.78, 5) is 16.9. The van der Waals surface area contributed by atoms with Crippen molar-refractivity contribution in [1.29, 1.82) is 0 Å². The number of anilines is 1. The molecule has 1 rings (SSSR count). The maximum absolute atomic E-state index is 12.7. The molecule has 0 aliphatic rings. The number of carbonyl (C=O) groups is 1. The number of nitrogens with zero attached hydrogens (tertiary/aromatic N) is 1. The summed E-state index contributed by atoms with van der Waals surface area (Å²) in [6.07, 6.45) is 5.13. The summed E-state index contributed by atoms with van der Waals surface area (Å²) in [7, 11) is 0. The fourth-order valence-electron chi connectivity index (χ4n) is 2.25. The summed E-state index contributed by atoms with van der Waals surface area (Å²) in [5.74, 6) is 0.370. The van der Waals surface area contributed by atoms with E-state index in [9.17, 15) is 4.79 Å². The van der Waals surface area contributed by atoms with Crippen LogP contribution in [0.5, 0.6) is 5.88 Å². The Morgan fingerprint density at radius 2 is 1.96 bits per heavy atom. The van der Waals surface area contributed by atoms with Crippen LogP contribution in [-0.2, 0) is 14.3 Å². The Morgan fingerprint density at radius 3 is 2.56 bits per heavy atom. The van der Waals surface area contributed by atoms with Crippen LogP contribution in [-0.4, -0.2) is 42.9 Å². The molecule has 1 aromatic rings. The number of nitrogens with one attached hydrogen (secondary N) is 1. The first-order valence-electron chi connectivity index (χ1n) is 9.17. The van der Waals surface area contributed by atoms with Crippen LogP contribution >= 0.6 is 0 Å². The van der Waals surface area contributed by atoms with Gasteiger partial charge in [0.15, 0.2) is 0 Å². The van der Waals surface area contributed by atoms with Crippen LogP contribution < -0.4 is 10.1 Å². The zero-order valence-electron chi connectivity index (χ0n) is 16.0. The van der Waals surface area contributed by atoms with E-state index in [-0.39, 0.29) is 5.91 Å². The molecule has 0 saturated heterocycles. The average Bonchev–Trinajstić information content (AvgIpc) is 2.63. The molecule has 0 aliphatic heterocycles. The van der Waals surface area contributed by atoms with Crippen molar-refractivity contribution in [2.45, 2.75) is 59.0 Å². The van der Waals surface area contributed by atoms with E-state index in [1.165, 1.54) is 0 Å². The van der Waals surface area contributed by atoms with Gasteiger partial charge in [-0.1, -0.05) is 26.7 Å². The highest BCUT2D eigenvalue weighted by molar-refractivity contribution is 5.96. The lowest BCUT2D eigenvalue weighted by atomic mass is 9.97. The lowest BCUT2D eigenvalue weighted by molar-refractivity contribution is -0.140. The molecule has 0 saturated carbocycles. The first-order valence-corrected chi connectivity index (χ1v) is 9.17. The average molecular weight is 352 g/mol.